The Hall–Kier alpha value is -0.883. The fourth-order valence-corrected chi connectivity index (χ4v) is 2.48. The van der Waals surface area contributed by atoms with Crippen molar-refractivity contribution < 1.29 is 9.59 Å². The Kier molecular flexibility index (Phi) is 5.40. The number of hydrogen-bond acceptors (Lipinski definition) is 2. The zero-order valence-corrected chi connectivity index (χ0v) is 10.2. The molecule has 0 unspecified atom stereocenters. The highest BCUT2D eigenvalue weighted by Crippen LogP contribution is 2.10. The van der Waals surface area contributed by atoms with Gasteiger partial charge in [-0.2, -0.15) is 0 Å². The minimum absolute atomic E-state index is 0.0220. The molecule has 3 heteroatoms. The number of terminal acetylenes is 1. The van der Waals surface area contributed by atoms with Crippen LogP contribution in [0, 0.1) is 12.3 Å². The molecule has 0 aliphatic rings. The molecule has 0 saturated heterocycles. The molecule has 0 radical (unpaired) electrons. The second kappa shape index (κ2) is 5.76. The van der Waals surface area contributed by atoms with Crippen LogP contribution in [0.5, 0.6) is 0 Å². The van der Waals surface area contributed by atoms with Crippen molar-refractivity contribution in [3.63, 3.8) is 0 Å². The van der Waals surface area contributed by atoms with Crippen molar-refractivity contribution in [1.29, 1.82) is 0 Å². The van der Waals surface area contributed by atoms with Crippen LogP contribution in [-0.4, -0.2) is 19.6 Å². The number of Topliss-reactive ketones (excluding diaryl/α,β-unsaturated/α-hetero) is 2. The van der Waals surface area contributed by atoms with E-state index in [1.807, 2.05) is 0 Å². The minimum atomic E-state index is -1.36. The zero-order valence-electron chi connectivity index (χ0n) is 9.22. The molecule has 14 heavy (non-hydrogen) atoms. The second-order valence-corrected chi connectivity index (χ2v) is 10.2. The van der Waals surface area contributed by atoms with Gasteiger partial charge in [-0.15, -0.1) is 12.3 Å². The Morgan fingerprint density at radius 3 is 2.21 bits per heavy atom. The van der Waals surface area contributed by atoms with Crippen LogP contribution in [0.3, 0.4) is 0 Å². The smallest absolute Gasteiger partial charge is 0.141 e. The van der Waals surface area contributed by atoms with E-state index in [0.717, 1.165) is 0 Å². The molecule has 0 fully saturated rings. The molecule has 0 saturated carbocycles. The van der Waals surface area contributed by atoms with E-state index in [9.17, 15) is 9.59 Å². The van der Waals surface area contributed by atoms with Gasteiger partial charge in [0.2, 0.25) is 0 Å². The summed E-state index contributed by atoms with van der Waals surface area (Å²) in [6, 6.07) is 0.592. The molecule has 78 valence electrons. The third kappa shape index (κ3) is 7.75. The zero-order chi connectivity index (χ0) is 11.2. The van der Waals surface area contributed by atoms with Gasteiger partial charge in [0, 0.05) is 18.9 Å². The van der Waals surface area contributed by atoms with Gasteiger partial charge in [0.05, 0.1) is 14.5 Å². The molecule has 0 aromatic carbocycles. The molecule has 0 N–H and O–H groups in total. The Bertz CT molecular complexity index is 255. The van der Waals surface area contributed by atoms with Gasteiger partial charge >= 0.3 is 0 Å². The molecule has 0 heterocycles. The van der Waals surface area contributed by atoms with Crippen LogP contribution in [0.4, 0.5) is 0 Å². The lowest BCUT2D eigenvalue weighted by Gasteiger charge is -2.13. The highest BCUT2D eigenvalue weighted by Gasteiger charge is 2.19. The van der Waals surface area contributed by atoms with Gasteiger partial charge in [0.25, 0.3) is 0 Å². The summed E-state index contributed by atoms with van der Waals surface area (Å²) in [6.07, 6.45) is 5.89. The highest BCUT2D eigenvalue weighted by molar-refractivity contribution is 6.78. The first-order valence-corrected chi connectivity index (χ1v) is 8.53. The third-order valence-corrected chi connectivity index (χ3v) is 3.13. The van der Waals surface area contributed by atoms with Crippen LogP contribution in [0.25, 0.3) is 0 Å². The number of rotatable bonds is 6. The van der Waals surface area contributed by atoms with Crippen LogP contribution in [-0.2, 0) is 9.59 Å². The molecule has 0 bridgehead atoms. The summed E-state index contributed by atoms with van der Waals surface area (Å²) in [5.74, 6) is 2.45. The van der Waals surface area contributed by atoms with Gasteiger partial charge in [-0.3, -0.25) is 9.59 Å². The van der Waals surface area contributed by atoms with Crippen molar-refractivity contribution in [2.45, 2.75) is 44.9 Å². The van der Waals surface area contributed by atoms with E-state index in [1.165, 1.54) is 0 Å². The third-order valence-electron chi connectivity index (χ3n) is 1.67. The van der Waals surface area contributed by atoms with Crippen molar-refractivity contribution >= 4 is 19.6 Å². The second-order valence-electron chi connectivity index (χ2n) is 4.70. The molecular formula is C11H18O2Si. The van der Waals surface area contributed by atoms with Crippen molar-refractivity contribution in [3.8, 4) is 12.3 Å². The first-order valence-electron chi connectivity index (χ1n) is 4.82. The fourth-order valence-electron chi connectivity index (χ4n) is 1.17. The summed E-state index contributed by atoms with van der Waals surface area (Å²) < 4.78 is 0. The number of ketones is 2. The monoisotopic (exact) mass is 210 g/mol. The Morgan fingerprint density at radius 2 is 1.79 bits per heavy atom. The fraction of sp³-hybridized carbons (Fsp3) is 0.636. The Labute approximate surface area is 87.1 Å². The van der Waals surface area contributed by atoms with Crippen molar-refractivity contribution in [2.24, 2.45) is 0 Å². The number of carbonyl (C=O) groups excluding carboxylic acids is 2. The summed E-state index contributed by atoms with van der Waals surface area (Å²) in [4.78, 5) is 22.6. The predicted molar refractivity (Wildman–Crippen MR) is 60.9 cm³/mol. The van der Waals surface area contributed by atoms with E-state index in [0.29, 0.717) is 18.9 Å². The van der Waals surface area contributed by atoms with Gasteiger partial charge in [0.15, 0.2) is 0 Å². The van der Waals surface area contributed by atoms with E-state index in [2.05, 4.69) is 25.6 Å². The van der Waals surface area contributed by atoms with E-state index in [-0.39, 0.29) is 18.0 Å². The molecule has 2 nitrogen and oxygen atoms in total. The molecule has 0 spiro atoms. The molecule has 0 amide bonds. The lowest BCUT2D eigenvalue weighted by Crippen LogP contribution is -2.25. The first-order chi connectivity index (χ1) is 6.35. The molecule has 0 aromatic rings. The van der Waals surface area contributed by atoms with Crippen LogP contribution >= 0.6 is 0 Å². The minimum Gasteiger partial charge on any atom is -0.300 e. The quantitative estimate of drug-likeness (QED) is 0.383. The largest absolute Gasteiger partial charge is 0.300 e. The van der Waals surface area contributed by atoms with Crippen molar-refractivity contribution in [1.82, 2.24) is 0 Å². The van der Waals surface area contributed by atoms with E-state index < -0.39 is 8.07 Å². The number of hydrogen-bond donors (Lipinski definition) is 0. The van der Waals surface area contributed by atoms with Crippen LogP contribution in [0.15, 0.2) is 0 Å². The van der Waals surface area contributed by atoms with Crippen LogP contribution < -0.4 is 0 Å². The summed E-state index contributed by atoms with van der Waals surface area (Å²) in [5, 5.41) is 0. The molecule has 0 aromatic heterocycles. The first kappa shape index (κ1) is 13.1. The summed E-state index contributed by atoms with van der Waals surface area (Å²) >= 11 is 0. The molecule has 0 aliphatic heterocycles. The normalized spacial score (nSPS) is 10.7. The topological polar surface area (TPSA) is 34.1 Å². The average Bonchev–Trinajstić information content (AvgIpc) is 1.96. The molecule has 0 rings (SSSR count). The molecule has 0 atom stereocenters. The van der Waals surface area contributed by atoms with Gasteiger partial charge < -0.3 is 0 Å². The Balaban J connectivity index is 3.85. The highest BCUT2D eigenvalue weighted by atomic mass is 28.3. The maximum Gasteiger partial charge on any atom is 0.141 e. The van der Waals surface area contributed by atoms with Crippen LogP contribution in [0.1, 0.15) is 19.3 Å². The lowest BCUT2D eigenvalue weighted by atomic mass is 10.1. The number of carbonyl (C=O) groups is 2. The van der Waals surface area contributed by atoms with E-state index in [1.54, 1.807) is 0 Å². The molecule has 0 aliphatic carbocycles. The Morgan fingerprint density at radius 1 is 1.21 bits per heavy atom. The maximum atomic E-state index is 11.4. The SMILES string of the molecule is C#CCCC(=O)CC(=O)C[Si](C)(C)C. The van der Waals surface area contributed by atoms with E-state index >= 15 is 0 Å². The van der Waals surface area contributed by atoms with Gasteiger partial charge in [-0.25, -0.2) is 0 Å². The standard InChI is InChI=1S/C11H18O2Si/c1-5-6-7-10(12)8-11(13)9-14(2,3)4/h1H,6-9H2,2-4H3. The maximum absolute atomic E-state index is 11.4. The van der Waals surface area contributed by atoms with Gasteiger partial charge in [-0.1, -0.05) is 19.6 Å². The van der Waals surface area contributed by atoms with Crippen molar-refractivity contribution in [2.75, 3.05) is 0 Å². The average molecular weight is 210 g/mol. The van der Waals surface area contributed by atoms with E-state index in [4.69, 9.17) is 6.42 Å². The van der Waals surface area contributed by atoms with Crippen LogP contribution in [0.2, 0.25) is 25.7 Å². The summed E-state index contributed by atoms with van der Waals surface area (Å²) in [5.41, 5.74) is 0. The molecular weight excluding hydrogens is 192 g/mol. The van der Waals surface area contributed by atoms with Crippen molar-refractivity contribution in [3.05, 3.63) is 0 Å². The summed E-state index contributed by atoms with van der Waals surface area (Å²) in [6.45, 7) is 6.37. The lowest BCUT2D eigenvalue weighted by molar-refractivity contribution is -0.125. The van der Waals surface area contributed by atoms with Gasteiger partial charge in [0.1, 0.15) is 11.6 Å². The van der Waals surface area contributed by atoms with Gasteiger partial charge in [-0.05, 0) is 0 Å². The summed E-state index contributed by atoms with van der Waals surface area (Å²) in [7, 11) is -1.36. The predicted octanol–water partition coefficient (Wildman–Crippen LogP) is 2.27.